The molecule has 18 heavy (non-hydrogen) atoms. The maximum absolute atomic E-state index is 6.21. The number of H-pyrrole nitrogens is 1. The predicted molar refractivity (Wildman–Crippen MR) is 72.5 cm³/mol. The van der Waals surface area contributed by atoms with Crippen molar-refractivity contribution in [3.63, 3.8) is 0 Å². The quantitative estimate of drug-likeness (QED) is 0.728. The number of halogens is 1. The van der Waals surface area contributed by atoms with E-state index in [0.29, 0.717) is 22.2 Å². The van der Waals surface area contributed by atoms with E-state index in [1.807, 2.05) is 29.7 Å². The van der Waals surface area contributed by atoms with Gasteiger partial charge in [-0.3, -0.25) is 0 Å². The molecule has 0 saturated carbocycles. The molecule has 0 aliphatic heterocycles. The first-order valence-corrected chi connectivity index (χ1v) is 6.22. The molecule has 0 bridgehead atoms. The number of hydrogen-bond acceptors (Lipinski definition) is 3. The lowest BCUT2D eigenvalue weighted by Crippen LogP contribution is -2.00. The highest BCUT2D eigenvalue weighted by Gasteiger charge is 2.10. The number of nitrogens with zero attached hydrogens (tertiary/aromatic N) is 2. The fourth-order valence-electron chi connectivity index (χ4n) is 1.94. The van der Waals surface area contributed by atoms with Crippen LogP contribution in [0.2, 0.25) is 5.02 Å². The van der Waals surface area contributed by atoms with Crippen LogP contribution in [0, 0.1) is 11.7 Å². The van der Waals surface area contributed by atoms with Crippen molar-refractivity contribution in [1.82, 2.24) is 14.5 Å². The number of oxazole rings is 1. The van der Waals surface area contributed by atoms with Crippen molar-refractivity contribution in [2.75, 3.05) is 0 Å². The van der Waals surface area contributed by atoms with Gasteiger partial charge in [-0.2, -0.15) is 0 Å². The van der Waals surface area contributed by atoms with E-state index in [1.165, 1.54) is 0 Å². The van der Waals surface area contributed by atoms with Crippen LogP contribution >= 0.6 is 23.8 Å². The SMILES string of the molecule is Cc1cnc(Cn2c(=S)[nH]c3cccc(Cl)c32)o1. The van der Waals surface area contributed by atoms with Crippen molar-refractivity contribution >= 4 is 34.9 Å². The number of benzene rings is 1. The minimum Gasteiger partial charge on any atom is -0.444 e. The van der Waals surface area contributed by atoms with Crippen molar-refractivity contribution in [3.8, 4) is 0 Å². The van der Waals surface area contributed by atoms with Crippen LogP contribution in [0.4, 0.5) is 0 Å². The average molecular weight is 280 g/mol. The van der Waals surface area contributed by atoms with Crippen LogP contribution in [0.3, 0.4) is 0 Å². The van der Waals surface area contributed by atoms with Gasteiger partial charge in [0.25, 0.3) is 0 Å². The molecule has 6 heteroatoms. The summed E-state index contributed by atoms with van der Waals surface area (Å²) in [5.41, 5.74) is 1.79. The molecule has 1 N–H and O–H groups in total. The summed E-state index contributed by atoms with van der Waals surface area (Å²) in [5.74, 6) is 1.40. The number of aromatic nitrogens is 3. The molecule has 2 heterocycles. The number of aromatic amines is 1. The van der Waals surface area contributed by atoms with Gasteiger partial charge in [-0.05, 0) is 31.3 Å². The van der Waals surface area contributed by atoms with E-state index in [2.05, 4.69) is 9.97 Å². The number of fused-ring (bicyclic) bond motifs is 1. The van der Waals surface area contributed by atoms with E-state index in [0.717, 1.165) is 16.8 Å². The number of para-hydroxylation sites is 1. The lowest BCUT2D eigenvalue weighted by atomic mass is 10.3. The Morgan fingerprint density at radius 2 is 2.33 bits per heavy atom. The standard InChI is InChI=1S/C12H10ClN3OS/c1-7-5-14-10(17-7)6-16-11-8(13)3-2-4-9(11)15-12(16)18/h2-5H,6H2,1H3,(H,15,18). The van der Waals surface area contributed by atoms with Crippen LogP contribution in [0.25, 0.3) is 11.0 Å². The van der Waals surface area contributed by atoms with Gasteiger partial charge in [-0.1, -0.05) is 17.7 Å². The van der Waals surface area contributed by atoms with Crippen molar-refractivity contribution in [1.29, 1.82) is 0 Å². The Balaban J connectivity index is 2.16. The van der Waals surface area contributed by atoms with E-state index >= 15 is 0 Å². The first-order valence-electron chi connectivity index (χ1n) is 5.43. The van der Waals surface area contributed by atoms with Gasteiger partial charge in [0.2, 0.25) is 5.89 Å². The zero-order valence-electron chi connectivity index (χ0n) is 9.61. The van der Waals surface area contributed by atoms with E-state index in [1.54, 1.807) is 6.20 Å². The molecule has 0 fully saturated rings. The summed E-state index contributed by atoms with van der Waals surface area (Å²) in [6, 6.07) is 5.66. The maximum atomic E-state index is 6.21. The van der Waals surface area contributed by atoms with Crippen molar-refractivity contribution in [2.24, 2.45) is 0 Å². The van der Waals surface area contributed by atoms with Crippen LogP contribution in [-0.4, -0.2) is 14.5 Å². The molecular formula is C12H10ClN3OS. The largest absolute Gasteiger partial charge is 0.444 e. The van der Waals surface area contributed by atoms with Crippen LogP contribution in [0.1, 0.15) is 11.7 Å². The van der Waals surface area contributed by atoms with Gasteiger partial charge in [-0.15, -0.1) is 0 Å². The summed E-state index contributed by atoms with van der Waals surface area (Å²) < 4.78 is 7.96. The summed E-state index contributed by atoms with van der Waals surface area (Å²) in [6.07, 6.45) is 1.69. The number of aryl methyl sites for hydroxylation is 1. The lowest BCUT2D eigenvalue weighted by molar-refractivity contribution is 0.459. The molecule has 0 aliphatic carbocycles. The van der Waals surface area contributed by atoms with Crippen molar-refractivity contribution in [2.45, 2.75) is 13.5 Å². The van der Waals surface area contributed by atoms with Gasteiger partial charge < -0.3 is 14.0 Å². The highest BCUT2D eigenvalue weighted by molar-refractivity contribution is 7.71. The number of hydrogen-bond donors (Lipinski definition) is 1. The van der Waals surface area contributed by atoms with E-state index in [4.69, 9.17) is 28.2 Å². The summed E-state index contributed by atoms with van der Waals surface area (Å²) in [5, 5.41) is 0.656. The third-order valence-electron chi connectivity index (χ3n) is 2.71. The Morgan fingerprint density at radius 1 is 1.50 bits per heavy atom. The first-order chi connectivity index (χ1) is 8.65. The second kappa shape index (κ2) is 4.26. The molecule has 0 spiro atoms. The van der Waals surface area contributed by atoms with Gasteiger partial charge >= 0.3 is 0 Å². The molecule has 0 atom stereocenters. The monoisotopic (exact) mass is 279 g/mol. The minimum atomic E-state index is 0.469. The zero-order chi connectivity index (χ0) is 12.7. The van der Waals surface area contributed by atoms with Gasteiger partial charge in [0.1, 0.15) is 12.3 Å². The Hall–Kier alpha value is -1.59. The topological polar surface area (TPSA) is 46.8 Å². The van der Waals surface area contributed by atoms with E-state index in [9.17, 15) is 0 Å². The summed E-state index contributed by atoms with van der Waals surface area (Å²) >= 11 is 11.5. The smallest absolute Gasteiger partial charge is 0.214 e. The second-order valence-corrected chi connectivity index (χ2v) is 4.81. The molecule has 92 valence electrons. The molecule has 2 aromatic heterocycles. The Labute approximate surface area is 113 Å². The predicted octanol–water partition coefficient (Wildman–Crippen LogP) is 3.70. The van der Waals surface area contributed by atoms with Gasteiger partial charge in [0, 0.05) is 0 Å². The fourth-order valence-corrected chi connectivity index (χ4v) is 2.48. The van der Waals surface area contributed by atoms with E-state index < -0.39 is 0 Å². The van der Waals surface area contributed by atoms with Crippen LogP contribution in [0.15, 0.2) is 28.8 Å². The summed E-state index contributed by atoms with van der Waals surface area (Å²) in [6.45, 7) is 2.33. The molecular weight excluding hydrogens is 270 g/mol. The van der Waals surface area contributed by atoms with Crippen molar-refractivity contribution < 1.29 is 4.42 Å². The molecule has 3 rings (SSSR count). The van der Waals surface area contributed by atoms with Gasteiger partial charge in [0.15, 0.2) is 4.77 Å². The van der Waals surface area contributed by atoms with Crippen LogP contribution in [0.5, 0.6) is 0 Å². The third kappa shape index (κ3) is 1.85. The molecule has 0 unspecified atom stereocenters. The highest BCUT2D eigenvalue weighted by atomic mass is 35.5. The normalized spacial score (nSPS) is 11.2. The van der Waals surface area contributed by atoms with Crippen molar-refractivity contribution in [3.05, 3.63) is 45.8 Å². The lowest BCUT2D eigenvalue weighted by Gasteiger charge is -2.02. The maximum Gasteiger partial charge on any atom is 0.214 e. The number of nitrogens with one attached hydrogen (secondary N) is 1. The van der Waals surface area contributed by atoms with Crippen LogP contribution < -0.4 is 0 Å². The highest BCUT2D eigenvalue weighted by Crippen LogP contribution is 2.24. The molecule has 0 amide bonds. The molecule has 1 aromatic carbocycles. The molecule has 0 radical (unpaired) electrons. The van der Waals surface area contributed by atoms with Gasteiger partial charge in [-0.25, -0.2) is 4.98 Å². The average Bonchev–Trinajstić information content (AvgIpc) is 2.85. The van der Waals surface area contributed by atoms with E-state index in [-0.39, 0.29) is 0 Å². The van der Waals surface area contributed by atoms with Gasteiger partial charge in [0.05, 0.1) is 22.3 Å². The van der Waals surface area contributed by atoms with Crippen LogP contribution in [-0.2, 0) is 6.54 Å². The number of rotatable bonds is 2. The number of imidazole rings is 1. The Bertz CT molecular complexity index is 771. The zero-order valence-corrected chi connectivity index (χ0v) is 11.2. The summed E-state index contributed by atoms with van der Waals surface area (Å²) in [4.78, 5) is 7.30. The second-order valence-electron chi connectivity index (χ2n) is 4.02. The molecule has 0 saturated heterocycles. The first kappa shape index (κ1) is 11.5. The third-order valence-corrected chi connectivity index (χ3v) is 3.33. The molecule has 3 aromatic rings. The Morgan fingerprint density at radius 3 is 3.06 bits per heavy atom. The molecule has 0 aliphatic rings. The minimum absolute atomic E-state index is 0.469. The molecule has 4 nitrogen and oxygen atoms in total. The summed E-state index contributed by atoms with van der Waals surface area (Å²) in [7, 11) is 0. The fraction of sp³-hybridized carbons (Fsp3) is 0.167. The Kier molecular flexibility index (Phi) is 2.72.